The van der Waals surface area contributed by atoms with Crippen molar-refractivity contribution in [2.45, 2.75) is 13.3 Å². The van der Waals surface area contributed by atoms with Gasteiger partial charge in [-0.15, -0.1) is 0 Å². The fourth-order valence-electron chi connectivity index (χ4n) is 1.12. The SMILES string of the molecule is CCOC(=O)c1ncc(O)c(C(F)F)c1N. The number of carbonyl (C=O) groups excluding carboxylic acids is 1. The fraction of sp³-hybridized carbons (Fsp3) is 0.333. The summed E-state index contributed by atoms with van der Waals surface area (Å²) in [5.74, 6) is -1.65. The van der Waals surface area contributed by atoms with Crippen molar-refractivity contribution < 1.29 is 23.4 Å². The zero-order valence-corrected chi connectivity index (χ0v) is 8.41. The van der Waals surface area contributed by atoms with Crippen LogP contribution in [0.25, 0.3) is 0 Å². The summed E-state index contributed by atoms with van der Waals surface area (Å²) in [6.07, 6.45) is -2.25. The number of carbonyl (C=O) groups is 1. The number of pyridine rings is 1. The average molecular weight is 232 g/mol. The van der Waals surface area contributed by atoms with Gasteiger partial charge in [-0.25, -0.2) is 18.6 Å². The summed E-state index contributed by atoms with van der Waals surface area (Å²) in [5, 5.41) is 9.12. The minimum Gasteiger partial charge on any atom is -0.506 e. The third kappa shape index (κ3) is 2.18. The minimum absolute atomic E-state index is 0.0742. The highest BCUT2D eigenvalue weighted by Crippen LogP contribution is 2.34. The predicted molar refractivity (Wildman–Crippen MR) is 51.2 cm³/mol. The van der Waals surface area contributed by atoms with Gasteiger partial charge in [-0.3, -0.25) is 0 Å². The van der Waals surface area contributed by atoms with E-state index in [0.29, 0.717) is 0 Å². The first-order valence-electron chi connectivity index (χ1n) is 4.41. The lowest BCUT2D eigenvalue weighted by molar-refractivity contribution is 0.0520. The molecule has 0 fully saturated rings. The van der Waals surface area contributed by atoms with Crippen molar-refractivity contribution in [3.63, 3.8) is 0 Å². The van der Waals surface area contributed by atoms with Gasteiger partial charge >= 0.3 is 5.97 Å². The van der Waals surface area contributed by atoms with Gasteiger partial charge < -0.3 is 15.6 Å². The van der Waals surface area contributed by atoms with Gasteiger partial charge in [-0.05, 0) is 6.92 Å². The topological polar surface area (TPSA) is 85.4 Å². The van der Waals surface area contributed by atoms with E-state index >= 15 is 0 Å². The third-order valence-electron chi connectivity index (χ3n) is 1.82. The van der Waals surface area contributed by atoms with Crippen LogP contribution in [-0.2, 0) is 4.74 Å². The Kier molecular flexibility index (Phi) is 3.60. The Balaban J connectivity index is 3.23. The number of esters is 1. The number of rotatable bonds is 3. The number of hydrogen-bond donors (Lipinski definition) is 2. The summed E-state index contributed by atoms with van der Waals surface area (Å²) in [4.78, 5) is 14.7. The lowest BCUT2D eigenvalue weighted by Crippen LogP contribution is -2.12. The molecule has 1 aromatic rings. The molecule has 7 heteroatoms. The van der Waals surface area contributed by atoms with Crippen molar-refractivity contribution in [1.29, 1.82) is 0 Å². The highest BCUT2D eigenvalue weighted by molar-refractivity contribution is 5.94. The van der Waals surface area contributed by atoms with Crippen molar-refractivity contribution in [3.8, 4) is 5.75 Å². The number of alkyl halides is 2. The Morgan fingerprint density at radius 3 is 2.81 bits per heavy atom. The molecule has 0 saturated heterocycles. The summed E-state index contributed by atoms with van der Waals surface area (Å²) in [5.41, 5.74) is 3.52. The normalized spacial score (nSPS) is 10.5. The van der Waals surface area contributed by atoms with Crippen LogP contribution in [0.4, 0.5) is 14.5 Å². The van der Waals surface area contributed by atoms with Gasteiger partial charge in [0.05, 0.1) is 24.1 Å². The first-order chi connectivity index (χ1) is 7.49. The summed E-state index contributed by atoms with van der Waals surface area (Å²) < 4.78 is 29.6. The summed E-state index contributed by atoms with van der Waals surface area (Å²) in [6, 6.07) is 0. The second kappa shape index (κ2) is 4.73. The van der Waals surface area contributed by atoms with E-state index in [9.17, 15) is 13.6 Å². The average Bonchev–Trinajstić information content (AvgIpc) is 2.17. The van der Waals surface area contributed by atoms with E-state index in [0.717, 1.165) is 6.20 Å². The van der Waals surface area contributed by atoms with Crippen molar-refractivity contribution in [3.05, 3.63) is 17.5 Å². The first-order valence-corrected chi connectivity index (χ1v) is 4.41. The van der Waals surface area contributed by atoms with Crippen LogP contribution in [0.15, 0.2) is 6.20 Å². The molecular weight excluding hydrogens is 222 g/mol. The minimum atomic E-state index is -2.99. The molecule has 0 aliphatic heterocycles. The smallest absolute Gasteiger partial charge is 0.359 e. The molecule has 0 aliphatic carbocycles. The van der Waals surface area contributed by atoms with Crippen LogP contribution in [0.3, 0.4) is 0 Å². The van der Waals surface area contributed by atoms with Gasteiger partial charge in [0.25, 0.3) is 6.43 Å². The molecule has 0 aromatic carbocycles. The molecule has 0 aliphatic rings. The molecule has 0 atom stereocenters. The van der Waals surface area contributed by atoms with E-state index in [1.165, 1.54) is 0 Å². The quantitative estimate of drug-likeness (QED) is 0.771. The summed E-state index contributed by atoms with van der Waals surface area (Å²) in [7, 11) is 0. The van der Waals surface area contributed by atoms with Crippen LogP contribution in [0.2, 0.25) is 0 Å². The van der Waals surface area contributed by atoms with Crippen LogP contribution < -0.4 is 5.73 Å². The monoisotopic (exact) mass is 232 g/mol. The second-order valence-corrected chi connectivity index (χ2v) is 2.84. The van der Waals surface area contributed by atoms with Crippen molar-refractivity contribution in [1.82, 2.24) is 4.98 Å². The molecule has 0 unspecified atom stereocenters. The molecule has 1 rings (SSSR count). The van der Waals surface area contributed by atoms with Gasteiger partial charge in [0.2, 0.25) is 0 Å². The number of nitrogens with two attached hydrogens (primary N) is 1. The summed E-state index contributed by atoms with van der Waals surface area (Å²) in [6.45, 7) is 1.63. The van der Waals surface area contributed by atoms with Gasteiger partial charge in [0.1, 0.15) is 5.75 Å². The van der Waals surface area contributed by atoms with Crippen LogP contribution in [0.1, 0.15) is 29.4 Å². The van der Waals surface area contributed by atoms with Gasteiger partial charge in [0, 0.05) is 0 Å². The van der Waals surface area contributed by atoms with Gasteiger partial charge in [-0.2, -0.15) is 0 Å². The summed E-state index contributed by atoms with van der Waals surface area (Å²) >= 11 is 0. The number of anilines is 1. The molecule has 88 valence electrons. The Morgan fingerprint density at radius 2 is 2.31 bits per heavy atom. The number of halogens is 2. The Bertz CT molecular complexity index is 410. The van der Waals surface area contributed by atoms with E-state index in [2.05, 4.69) is 9.72 Å². The molecule has 1 heterocycles. The first kappa shape index (κ1) is 12.2. The van der Waals surface area contributed by atoms with Crippen LogP contribution in [0.5, 0.6) is 5.75 Å². The fourth-order valence-corrected chi connectivity index (χ4v) is 1.12. The Labute approximate surface area is 89.9 Å². The maximum Gasteiger partial charge on any atom is 0.359 e. The molecular formula is C9H10F2N2O3. The number of hydrogen-bond acceptors (Lipinski definition) is 5. The predicted octanol–water partition coefficient (Wildman–Crippen LogP) is 1.48. The zero-order valence-electron chi connectivity index (χ0n) is 8.41. The molecule has 3 N–H and O–H groups in total. The van der Waals surface area contributed by atoms with E-state index in [1.54, 1.807) is 6.92 Å². The third-order valence-corrected chi connectivity index (χ3v) is 1.82. The number of aromatic nitrogens is 1. The molecule has 0 bridgehead atoms. The van der Waals surface area contributed by atoms with E-state index < -0.39 is 35.1 Å². The van der Waals surface area contributed by atoms with E-state index in [1.807, 2.05) is 0 Å². The van der Waals surface area contributed by atoms with E-state index in [4.69, 9.17) is 10.8 Å². The van der Waals surface area contributed by atoms with Crippen LogP contribution >= 0.6 is 0 Å². The number of nitrogen functional groups attached to an aromatic ring is 1. The maximum absolute atomic E-state index is 12.5. The van der Waals surface area contributed by atoms with E-state index in [-0.39, 0.29) is 6.61 Å². The van der Waals surface area contributed by atoms with Crippen LogP contribution in [0, 0.1) is 0 Å². The highest BCUT2D eigenvalue weighted by atomic mass is 19.3. The van der Waals surface area contributed by atoms with Gasteiger partial charge in [-0.1, -0.05) is 0 Å². The number of ether oxygens (including phenoxy) is 1. The molecule has 16 heavy (non-hydrogen) atoms. The Morgan fingerprint density at radius 1 is 1.69 bits per heavy atom. The molecule has 0 radical (unpaired) electrons. The van der Waals surface area contributed by atoms with Crippen LogP contribution in [-0.4, -0.2) is 22.7 Å². The van der Waals surface area contributed by atoms with Crippen molar-refractivity contribution in [2.75, 3.05) is 12.3 Å². The molecule has 5 nitrogen and oxygen atoms in total. The molecule has 1 aromatic heterocycles. The van der Waals surface area contributed by atoms with Gasteiger partial charge in [0.15, 0.2) is 5.69 Å². The molecule has 0 amide bonds. The maximum atomic E-state index is 12.5. The molecule has 0 spiro atoms. The molecule has 0 saturated carbocycles. The lowest BCUT2D eigenvalue weighted by Gasteiger charge is -2.10. The standard InChI is InChI=1S/C9H10F2N2O3/c1-2-16-9(15)7-6(12)5(8(10)11)4(14)3-13-7/h3,8,14H,2,12H2,1H3. The largest absolute Gasteiger partial charge is 0.506 e. The van der Waals surface area contributed by atoms with Crippen molar-refractivity contribution in [2.24, 2.45) is 0 Å². The highest BCUT2D eigenvalue weighted by Gasteiger charge is 2.23. The van der Waals surface area contributed by atoms with Crippen molar-refractivity contribution >= 4 is 11.7 Å². The Hall–Kier alpha value is -1.92. The lowest BCUT2D eigenvalue weighted by atomic mass is 10.1. The zero-order chi connectivity index (χ0) is 12.3. The number of nitrogens with zero attached hydrogens (tertiary/aromatic N) is 1. The second-order valence-electron chi connectivity index (χ2n) is 2.84. The number of aromatic hydroxyl groups is 1.